The van der Waals surface area contributed by atoms with Gasteiger partial charge in [0.2, 0.25) is 0 Å². The number of allylic oxidation sites excluding steroid dienone is 1. The first kappa shape index (κ1) is 32.3. The summed E-state index contributed by atoms with van der Waals surface area (Å²) in [5, 5.41) is 19.5. The lowest BCUT2D eigenvalue weighted by molar-refractivity contribution is 0.373. The molecule has 0 amide bonds. The molecule has 0 fully saturated rings. The van der Waals surface area contributed by atoms with E-state index in [1.54, 1.807) is 6.08 Å². The van der Waals surface area contributed by atoms with Gasteiger partial charge in [-0.15, -0.1) is 0 Å². The lowest BCUT2D eigenvalue weighted by Gasteiger charge is -2.25. The van der Waals surface area contributed by atoms with Crippen molar-refractivity contribution in [3.63, 3.8) is 0 Å². The Hall–Kier alpha value is -4.64. The predicted octanol–water partition coefficient (Wildman–Crippen LogP) is 3.53. The third-order valence-corrected chi connectivity index (χ3v) is 9.69. The number of fused-ring (bicyclic) bond motifs is 1. The molecule has 0 saturated heterocycles. The molecule has 248 valence electrons. The second-order valence-electron chi connectivity index (χ2n) is 11.3. The Morgan fingerprint density at radius 2 is 1.34 bits per heavy atom. The molecule has 14 nitrogen and oxygen atoms in total. The number of ether oxygens (including phenoxy) is 3. The zero-order valence-electron chi connectivity index (χ0n) is 25.6. The molecule has 0 spiro atoms. The van der Waals surface area contributed by atoms with Gasteiger partial charge in [-0.2, -0.15) is 16.8 Å². The van der Waals surface area contributed by atoms with Gasteiger partial charge < -0.3 is 30.0 Å². The number of hydrogen-bond donors (Lipinski definition) is 5. The smallest absolute Gasteiger partial charge is 0.283 e. The molecule has 0 heterocycles. The summed E-state index contributed by atoms with van der Waals surface area (Å²) in [6.45, 7) is 1.77. The summed E-state index contributed by atoms with van der Waals surface area (Å²) >= 11 is 0. The number of phenols is 1. The highest BCUT2D eigenvalue weighted by molar-refractivity contribution is 7.86. The molecule has 1 aliphatic rings. The van der Waals surface area contributed by atoms with Gasteiger partial charge >= 0.3 is 0 Å². The van der Waals surface area contributed by atoms with Crippen molar-refractivity contribution in [2.75, 3.05) is 50.1 Å². The number of phenolic OH excluding ortho intramolecular Hbond substituents is 1. The van der Waals surface area contributed by atoms with Crippen LogP contribution in [-0.2, 0) is 26.7 Å². The zero-order chi connectivity index (χ0) is 34.2. The van der Waals surface area contributed by atoms with Gasteiger partial charge in [0.25, 0.3) is 20.2 Å². The minimum absolute atomic E-state index is 0.00141. The van der Waals surface area contributed by atoms with Gasteiger partial charge in [0.15, 0.2) is 22.4 Å². The largest absolute Gasteiger partial charge is 0.504 e. The molecule has 16 heteroatoms. The first-order valence-corrected chi connectivity index (χ1v) is 17.4. The van der Waals surface area contributed by atoms with Gasteiger partial charge in [-0.25, -0.2) is 0 Å². The zero-order valence-corrected chi connectivity index (χ0v) is 27.2. The van der Waals surface area contributed by atoms with E-state index in [0.29, 0.717) is 43.4 Å². The van der Waals surface area contributed by atoms with Crippen LogP contribution < -0.4 is 35.7 Å². The minimum atomic E-state index is -4.62. The fourth-order valence-electron chi connectivity index (χ4n) is 6.75. The Morgan fingerprint density at radius 1 is 0.745 bits per heavy atom. The minimum Gasteiger partial charge on any atom is -0.504 e. The number of rotatable bonds is 11. The molecule has 5 N–H and O–H groups in total. The average molecular weight is 687 g/mol. The summed E-state index contributed by atoms with van der Waals surface area (Å²) in [6.07, 6.45) is 1.95. The third-order valence-electron chi connectivity index (χ3n) is 8.38. The Balaban J connectivity index is 1.95. The fourth-order valence-corrected chi connectivity index (χ4v) is 7.58. The number of aromatic hydroxyl groups is 1. The molecule has 0 bridgehead atoms. The van der Waals surface area contributed by atoms with E-state index in [1.165, 1.54) is 33.5 Å². The second-order valence-corrected chi connectivity index (χ2v) is 14.3. The molecule has 6 rings (SSSR count). The molecule has 0 radical (unpaired) electrons. The van der Waals surface area contributed by atoms with E-state index < -0.39 is 42.7 Å². The van der Waals surface area contributed by atoms with E-state index in [4.69, 9.17) is 14.2 Å². The van der Waals surface area contributed by atoms with Crippen molar-refractivity contribution in [3.8, 4) is 23.0 Å². The summed E-state index contributed by atoms with van der Waals surface area (Å²) < 4.78 is 82.9. The SMILES string of the molecule is COc1c(O)c2c(=O)cc(OC)c3c4c(OC)cc(=O)c5c(NCS(=O)(=O)O)c(NCCCS(=O)(=O)O)c6c(c(c1CC(C)=C6)c23)c54. The van der Waals surface area contributed by atoms with Crippen LogP contribution in [0.1, 0.15) is 24.5 Å². The third kappa shape index (κ3) is 5.17. The molecule has 0 saturated carbocycles. The van der Waals surface area contributed by atoms with Crippen LogP contribution in [0.25, 0.3) is 49.2 Å². The van der Waals surface area contributed by atoms with Gasteiger partial charge in [0.1, 0.15) is 17.4 Å². The normalized spacial score (nSPS) is 13.4. The number of nitrogens with one attached hydrogen (secondary N) is 2. The quantitative estimate of drug-likeness (QED) is 0.0582. The van der Waals surface area contributed by atoms with Crippen molar-refractivity contribution >= 4 is 80.8 Å². The molecular weight excluding hydrogens is 656 g/mol. The van der Waals surface area contributed by atoms with Crippen molar-refractivity contribution in [2.45, 2.75) is 19.8 Å². The van der Waals surface area contributed by atoms with Gasteiger partial charge in [-0.3, -0.25) is 18.7 Å². The van der Waals surface area contributed by atoms with E-state index in [2.05, 4.69) is 10.6 Å². The molecular formula is C31H30N2O12S2. The number of anilines is 2. The molecule has 0 unspecified atom stereocenters. The van der Waals surface area contributed by atoms with Crippen LogP contribution in [-0.4, -0.2) is 70.6 Å². The number of benzene rings is 5. The number of hydrogen-bond acceptors (Lipinski definition) is 12. The van der Waals surface area contributed by atoms with Crippen LogP contribution in [0.4, 0.5) is 11.4 Å². The second kappa shape index (κ2) is 11.3. The standard InChI is InChI=1S/C31H30N2O12S2/c1-13-8-14-20-21-15(9-13)31(45-4)30(36)23-17(35)11-19(44-3)25(27(21)23)24-18(43-2)10-16(34)22(26(20)24)29(33-12-47(40,41)42)28(14)32-6-5-7-46(37,38)39/h8,10-11,32-33,36H,5-7,9,12H2,1-4H3,(H,37,38,39)(H,40,41,42). The Kier molecular flexibility index (Phi) is 7.74. The summed E-state index contributed by atoms with van der Waals surface area (Å²) in [6, 6.07) is 2.42. The van der Waals surface area contributed by atoms with Crippen molar-refractivity contribution in [1.29, 1.82) is 0 Å². The number of methoxy groups -OCH3 is 3. The molecule has 0 aromatic heterocycles. The Morgan fingerprint density at radius 3 is 1.89 bits per heavy atom. The van der Waals surface area contributed by atoms with E-state index in [0.717, 1.165) is 5.57 Å². The van der Waals surface area contributed by atoms with E-state index >= 15 is 0 Å². The van der Waals surface area contributed by atoms with Crippen LogP contribution in [0.5, 0.6) is 23.0 Å². The van der Waals surface area contributed by atoms with Gasteiger partial charge in [-0.1, -0.05) is 11.6 Å². The van der Waals surface area contributed by atoms with Crippen molar-refractivity contribution in [1.82, 2.24) is 0 Å². The van der Waals surface area contributed by atoms with Gasteiger partial charge in [-0.05, 0) is 25.2 Å². The van der Waals surface area contributed by atoms with Crippen molar-refractivity contribution in [3.05, 3.63) is 49.3 Å². The predicted molar refractivity (Wildman–Crippen MR) is 180 cm³/mol. The van der Waals surface area contributed by atoms with E-state index in [9.17, 15) is 40.6 Å². The van der Waals surface area contributed by atoms with Gasteiger partial charge in [0, 0.05) is 56.7 Å². The van der Waals surface area contributed by atoms with Crippen LogP contribution in [0.15, 0.2) is 27.3 Å². The molecule has 0 aliphatic heterocycles. The average Bonchev–Trinajstić information content (AvgIpc) is 3.13. The van der Waals surface area contributed by atoms with Crippen LogP contribution >= 0.6 is 0 Å². The highest BCUT2D eigenvalue weighted by Gasteiger charge is 2.33. The molecule has 0 atom stereocenters. The maximum Gasteiger partial charge on any atom is 0.283 e. The van der Waals surface area contributed by atoms with Crippen molar-refractivity contribution < 1.29 is 45.3 Å². The monoisotopic (exact) mass is 686 g/mol. The first-order chi connectivity index (χ1) is 22.1. The van der Waals surface area contributed by atoms with Gasteiger partial charge in [0.05, 0.1) is 49.2 Å². The van der Waals surface area contributed by atoms with Crippen LogP contribution in [0.3, 0.4) is 0 Å². The molecule has 47 heavy (non-hydrogen) atoms. The van der Waals surface area contributed by atoms with Crippen molar-refractivity contribution in [2.24, 2.45) is 0 Å². The molecule has 1 aliphatic carbocycles. The first-order valence-electron chi connectivity index (χ1n) is 14.2. The Labute approximate surface area is 267 Å². The molecule has 5 aromatic rings. The summed E-state index contributed by atoms with van der Waals surface area (Å²) in [5.41, 5.74) is 0.737. The van der Waals surface area contributed by atoms with Crippen LogP contribution in [0, 0.1) is 0 Å². The maximum atomic E-state index is 14.0. The summed E-state index contributed by atoms with van der Waals surface area (Å²) in [7, 11) is -4.83. The van der Waals surface area contributed by atoms with Crippen LogP contribution in [0.2, 0.25) is 0 Å². The molecule has 5 aromatic carbocycles. The fraction of sp³-hybridized carbons (Fsp3) is 0.290. The van der Waals surface area contributed by atoms with E-state index in [-0.39, 0.29) is 64.5 Å². The highest BCUT2D eigenvalue weighted by Crippen LogP contribution is 2.56. The van der Waals surface area contributed by atoms with E-state index in [1.807, 2.05) is 6.92 Å². The summed E-state index contributed by atoms with van der Waals surface area (Å²) in [4.78, 5) is 27.6. The lowest BCUT2D eigenvalue weighted by atomic mass is 9.83. The lowest BCUT2D eigenvalue weighted by Crippen LogP contribution is -2.19. The maximum absolute atomic E-state index is 14.0. The topological polar surface area (TPSA) is 215 Å². The summed E-state index contributed by atoms with van der Waals surface area (Å²) in [5.74, 6) is -1.63. The Bertz CT molecular complexity index is 2510. The highest BCUT2D eigenvalue weighted by atomic mass is 32.2.